The van der Waals surface area contributed by atoms with Gasteiger partial charge in [-0.1, -0.05) is 18.2 Å². The van der Waals surface area contributed by atoms with E-state index in [0.717, 1.165) is 19.1 Å². The van der Waals surface area contributed by atoms with Gasteiger partial charge in [0, 0.05) is 31.4 Å². The van der Waals surface area contributed by atoms with Crippen molar-refractivity contribution in [3.63, 3.8) is 0 Å². The molecule has 14 heavy (non-hydrogen) atoms. The molecule has 1 aliphatic heterocycles. The van der Waals surface area contributed by atoms with Gasteiger partial charge in [0.2, 0.25) is 0 Å². The number of fused-ring (bicyclic) bond motifs is 1. The molecule has 1 N–H and O–H groups in total. The largest absolute Gasteiger partial charge is 0.367 e. The summed E-state index contributed by atoms with van der Waals surface area (Å²) in [6.45, 7) is 3.31. The van der Waals surface area contributed by atoms with Crippen molar-refractivity contribution in [1.29, 1.82) is 0 Å². The average molecular weight is 188 g/mol. The highest BCUT2D eigenvalue weighted by molar-refractivity contribution is 5.56. The summed E-state index contributed by atoms with van der Waals surface area (Å²) >= 11 is 0. The zero-order valence-corrected chi connectivity index (χ0v) is 8.37. The third-order valence-corrected chi connectivity index (χ3v) is 3.13. The fraction of sp³-hybridized carbons (Fsp3) is 0.500. The molecular weight excluding hydrogens is 172 g/mol. The van der Waals surface area contributed by atoms with Crippen molar-refractivity contribution in [2.75, 3.05) is 18.0 Å². The van der Waals surface area contributed by atoms with Crippen molar-refractivity contribution < 1.29 is 0 Å². The second kappa shape index (κ2) is 3.28. The van der Waals surface area contributed by atoms with Gasteiger partial charge in [0.1, 0.15) is 0 Å². The van der Waals surface area contributed by atoms with Crippen LogP contribution in [0.2, 0.25) is 0 Å². The van der Waals surface area contributed by atoms with Crippen molar-refractivity contribution >= 4 is 5.69 Å². The molecule has 74 valence electrons. The van der Waals surface area contributed by atoms with E-state index in [2.05, 4.69) is 34.5 Å². The molecule has 0 amide bonds. The minimum Gasteiger partial charge on any atom is -0.367 e. The Kier molecular flexibility index (Phi) is 1.95. The first kappa shape index (κ1) is 8.30. The smallest absolute Gasteiger partial charge is 0.0414 e. The standard InChI is InChI=1S/C12H16N2/c1-2-4-12-10(3-1)9-13-7-8-14(12)11-5-6-11/h1-4,11,13H,5-9H2. The van der Waals surface area contributed by atoms with Crippen LogP contribution in [-0.4, -0.2) is 19.1 Å². The van der Waals surface area contributed by atoms with Gasteiger partial charge in [0.25, 0.3) is 0 Å². The SMILES string of the molecule is c1ccc2c(c1)CNCCN2C1CC1. The van der Waals surface area contributed by atoms with Crippen LogP contribution in [-0.2, 0) is 6.54 Å². The van der Waals surface area contributed by atoms with E-state index >= 15 is 0 Å². The summed E-state index contributed by atoms with van der Waals surface area (Å²) in [6, 6.07) is 9.62. The number of rotatable bonds is 1. The van der Waals surface area contributed by atoms with Gasteiger partial charge in [-0.3, -0.25) is 0 Å². The van der Waals surface area contributed by atoms with E-state index in [1.54, 1.807) is 0 Å². The summed E-state index contributed by atoms with van der Waals surface area (Å²) in [5.74, 6) is 0. The van der Waals surface area contributed by atoms with E-state index in [9.17, 15) is 0 Å². The minimum atomic E-state index is 0.830. The summed E-state index contributed by atoms with van der Waals surface area (Å²) < 4.78 is 0. The van der Waals surface area contributed by atoms with E-state index in [1.807, 2.05) is 0 Å². The minimum absolute atomic E-state index is 0.830. The third-order valence-electron chi connectivity index (χ3n) is 3.13. The molecule has 0 spiro atoms. The summed E-state index contributed by atoms with van der Waals surface area (Å²) in [4.78, 5) is 2.58. The van der Waals surface area contributed by atoms with Crippen molar-refractivity contribution in [3.05, 3.63) is 29.8 Å². The van der Waals surface area contributed by atoms with Crippen LogP contribution in [0.4, 0.5) is 5.69 Å². The molecule has 0 bridgehead atoms. The predicted molar refractivity (Wildman–Crippen MR) is 58.5 cm³/mol. The number of nitrogens with zero attached hydrogens (tertiary/aromatic N) is 1. The molecular formula is C12H16N2. The van der Waals surface area contributed by atoms with Crippen LogP contribution in [0.5, 0.6) is 0 Å². The third kappa shape index (κ3) is 1.40. The molecule has 3 rings (SSSR count). The highest BCUT2D eigenvalue weighted by Crippen LogP contribution is 2.33. The van der Waals surface area contributed by atoms with Gasteiger partial charge in [0.05, 0.1) is 0 Å². The lowest BCUT2D eigenvalue weighted by atomic mass is 10.1. The van der Waals surface area contributed by atoms with Crippen LogP contribution in [0.1, 0.15) is 18.4 Å². The number of hydrogen-bond acceptors (Lipinski definition) is 2. The first-order valence-electron chi connectivity index (χ1n) is 5.50. The molecule has 0 aromatic heterocycles. The van der Waals surface area contributed by atoms with Gasteiger partial charge < -0.3 is 10.2 Å². The van der Waals surface area contributed by atoms with E-state index in [4.69, 9.17) is 0 Å². The highest BCUT2D eigenvalue weighted by atomic mass is 15.2. The van der Waals surface area contributed by atoms with Gasteiger partial charge in [-0.25, -0.2) is 0 Å². The van der Waals surface area contributed by atoms with Crippen LogP contribution in [0.3, 0.4) is 0 Å². The molecule has 1 aliphatic carbocycles. The zero-order chi connectivity index (χ0) is 9.38. The number of nitrogens with one attached hydrogen (secondary N) is 1. The molecule has 0 saturated heterocycles. The van der Waals surface area contributed by atoms with Crippen LogP contribution >= 0.6 is 0 Å². The molecule has 0 radical (unpaired) electrons. The number of anilines is 1. The summed E-state index contributed by atoms with van der Waals surface area (Å²) in [7, 11) is 0. The summed E-state index contributed by atoms with van der Waals surface area (Å²) in [5, 5.41) is 3.47. The molecule has 1 fully saturated rings. The fourth-order valence-corrected chi connectivity index (χ4v) is 2.25. The lowest BCUT2D eigenvalue weighted by Gasteiger charge is -2.24. The van der Waals surface area contributed by atoms with Crippen LogP contribution in [0.25, 0.3) is 0 Å². The zero-order valence-electron chi connectivity index (χ0n) is 8.37. The predicted octanol–water partition coefficient (Wildman–Crippen LogP) is 1.76. The monoisotopic (exact) mass is 188 g/mol. The van der Waals surface area contributed by atoms with Gasteiger partial charge in [-0.05, 0) is 24.5 Å². The Labute approximate surface area is 84.9 Å². The van der Waals surface area contributed by atoms with Crippen LogP contribution in [0, 0.1) is 0 Å². The van der Waals surface area contributed by atoms with Gasteiger partial charge in [0.15, 0.2) is 0 Å². The maximum Gasteiger partial charge on any atom is 0.0414 e. The van der Waals surface area contributed by atoms with Gasteiger partial charge in [-0.15, -0.1) is 0 Å². The lowest BCUT2D eigenvalue weighted by molar-refractivity contribution is 0.687. The summed E-state index contributed by atoms with van der Waals surface area (Å²) in [5.41, 5.74) is 2.91. The second-order valence-corrected chi connectivity index (χ2v) is 4.23. The van der Waals surface area contributed by atoms with E-state index in [1.165, 1.54) is 30.6 Å². The Morgan fingerprint density at radius 2 is 2.07 bits per heavy atom. The fourth-order valence-electron chi connectivity index (χ4n) is 2.25. The first-order valence-corrected chi connectivity index (χ1v) is 5.50. The Hall–Kier alpha value is -1.02. The molecule has 1 heterocycles. The Morgan fingerprint density at radius 1 is 1.21 bits per heavy atom. The lowest BCUT2D eigenvalue weighted by Crippen LogP contribution is -2.30. The van der Waals surface area contributed by atoms with Crippen molar-refractivity contribution in [2.24, 2.45) is 0 Å². The van der Waals surface area contributed by atoms with Gasteiger partial charge in [-0.2, -0.15) is 0 Å². The van der Waals surface area contributed by atoms with Crippen LogP contribution < -0.4 is 10.2 Å². The molecule has 2 aliphatic rings. The highest BCUT2D eigenvalue weighted by Gasteiger charge is 2.30. The number of benzene rings is 1. The first-order chi connectivity index (χ1) is 6.95. The van der Waals surface area contributed by atoms with E-state index in [-0.39, 0.29) is 0 Å². The number of para-hydroxylation sites is 1. The quantitative estimate of drug-likeness (QED) is 0.722. The van der Waals surface area contributed by atoms with E-state index < -0.39 is 0 Å². The second-order valence-electron chi connectivity index (χ2n) is 4.23. The van der Waals surface area contributed by atoms with Crippen LogP contribution in [0.15, 0.2) is 24.3 Å². The molecule has 1 aromatic rings. The molecule has 1 saturated carbocycles. The Bertz CT molecular complexity index is 331. The average Bonchev–Trinajstić information content (AvgIpc) is 3.03. The Balaban J connectivity index is 1.99. The maximum absolute atomic E-state index is 3.47. The molecule has 1 aromatic carbocycles. The number of hydrogen-bond donors (Lipinski definition) is 1. The molecule has 0 unspecified atom stereocenters. The Morgan fingerprint density at radius 3 is 2.93 bits per heavy atom. The maximum atomic E-state index is 3.47. The van der Waals surface area contributed by atoms with E-state index in [0.29, 0.717) is 0 Å². The van der Waals surface area contributed by atoms with Crippen molar-refractivity contribution in [3.8, 4) is 0 Å². The molecule has 2 nitrogen and oxygen atoms in total. The normalized spacial score (nSPS) is 21.6. The molecule has 2 heteroatoms. The van der Waals surface area contributed by atoms with Crippen molar-refractivity contribution in [1.82, 2.24) is 5.32 Å². The van der Waals surface area contributed by atoms with Gasteiger partial charge >= 0.3 is 0 Å². The van der Waals surface area contributed by atoms with Crippen molar-refractivity contribution in [2.45, 2.75) is 25.4 Å². The molecule has 0 atom stereocenters. The topological polar surface area (TPSA) is 15.3 Å². The summed E-state index contributed by atoms with van der Waals surface area (Å²) in [6.07, 6.45) is 2.77.